The van der Waals surface area contributed by atoms with E-state index in [-0.39, 0.29) is 16.2 Å². The summed E-state index contributed by atoms with van der Waals surface area (Å²) in [6.07, 6.45) is 2.38. The molecule has 0 aliphatic carbocycles. The van der Waals surface area contributed by atoms with Crippen LogP contribution < -0.4 is 10.0 Å². The van der Waals surface area contributed by atoms with Crippen LogP contribution in [0.25, 0.3) is 0 Å². The Kier molecular flexibility index (Phi) is 6.16. The van der Waals surface area contributed by atoms with Gasteiger partial charge in [-0.3, -0.25) is 0 Å². The van der Waals surface area contributed by atoms with Crippen molar-refractivity contribution in [2.24, 2.45) is 11.3 Å². The average molecular weight is 313 g/mol. The molecule has 1 unspecified atom stereocenters. The lowest BCUT2D eigenvalue weighted by atomic mass is 9.82. The van der Waals surface area contributed by atoms with Gasteiger partial charge in [0.2, 0.25) is 10.0 Å². The zero-order valence-corrected chi connectivity index (χ0v) is 14.4. The Bertz CT molecular complexity index is 533. The van der Waals surface area contributed by atoms with Crippen LogP contribution in [0.15, 0.2) is 23.2 Å². The Labute approximate surface area is 128 Å². The van der Waals surface area contributed by atoms with Crippen molar-refractivity contribution in [1.82, 2.24) is 9.71 Å². The molecule has 0 aromatic carbocycles. The van der Waals surface area contributed by atoms with Crippen LogP contribution in [0, 0.1) is 11.3 Å². The van der Waals surface area contributed by atoms with Gasteiger partial charge in [-0.05, 0) is 29.9 Å². The molecule has 0 saturated heterocycles. The molecule has 1 atom stereocenters. The molecule has 1 aromatic rings. The van der Waals surface area contributed by atoms with Gasteiger partial charge in [-0.2, -0.15) is 0 Å². The Morgan fingerprint density at radius 2 is 1.95 bits per heavy atom. The summed E-state index contributed by atoms with van der Waals surface area (Å²) < 4.78 is 27.1. The van der Waals surface area contributed by atoms with E-state index in [2.05, 4.69) is 42.7 Å². The van der Waals surface area contributed by atoms with Crippen molar-refractivity contribution in [3.05, 3.63) is 18.3 Å². The lowest BCUT2D eigenvalue weighted by molar-refractivity contribution is 0.263. The number of nitrogens with zero attached hydrogens (tertiary/aromatic N) is 1. The van der Waals surface area contributed by atoms with Crippen LogP contribution in [0.5, 0.6) is 0 Å². The molecule has 0 spiro atoms. The summed E-state index contributed by atoms with van der Waals surface area (Å²) in [4.78, 5) is 4.33. The third-order valence-corrected chi connectivity index (χ3v) is 5.07. The fourth-order valence-electron chi connectivity index (χ4n) is 1.52. The summed E-state index contributed by atoms with van der Waals surface area (Å²) in [5, 5.41) is 3.12. The summed E-state index contributed by atoms with van der Waals surface area (Å²) in [5.41, 5.74) is 0.0642. The smallest absolute Gasteiger partial charge is 0.242 e. The molecule has 0 bridgehead atoms. The van der Waals surface area contributed by atoms with Crippen LogP contribution in [0.1, 0.15) is 41.0 Å². The number of rotatable bonds is 7. The molecule has 2 N–H and O–H groups in total. The fourth-order valence-corrected chi connectivity index (χ4v) is 2.60. The molecule has 21 heavy (non-hydrogen) atoms. The Morgan fingerprint density at radius 1 is 1.29 bits per heavy atom. The van der Waals surface area contributed by atoms with Crippen molar-refractivity contribution in [3.63, 3.8) is 0 Å². The van der Waals surface area contributed by atoms with Gasteiger partial charge in [0.05, 0.1) is 0 Å². The minimum Gasteiger partial charge on any atom is -0.370 e. The minimum atomic E-state index is -3.49. The Hall–Kier alpha value is -1.14. The standard InChI is InChI=1S/C15H27N3O2S/c1-6-9-16-14-8-7-13(11-17-14)21(19,20)18-10-12(2)15(3,4)5/h7-8,11-12,18H,6,9-10H2,1-5H3,(H,16,17). The van der Waals surface area contributed by atoms with Crippen molar-refractivity contribution >= 4 is 15.8 Å². The minimum absolute atomic E-state index is 0.0642. The maximum Gasteiger partial charge on any atom is 0.242 e. The zero-order valence-electron chi connectivity index (χ0n) is 13.6. The summed E-state index contributed by atoms with van der Waals surface area (Å²) in [5.74, 6) is 0.935. The van der Waals surface area contributed by atoms with Crippen LogP contribution in [-0.4, -0.2) is 26.5 Å². The van der Waals surface area contributed by atoms with Crippen LogP contribution in [0.3, 0.4) is 0 Å². The number of nitrogens with one attached hydrogen (secondary N) is 2. The highest BCUT2D eigenvalue weighted by Crippen LogP contribution is 2.24. The number of anilines is 1. The third kappa shape index (κ3) is 5.63. The van der Waals surface area contributed by atoms with Gasteiger partial charge < -0.3 is 5.32 Å². The fraction of sp³-hybridized carbons (Fsp3) is 0.667. The number of hydrogen-bond acceptors (Lipinski definition) is 4. The first-order chi connectivity index (χ1) is 9.66. The molecule has 0 aliphatic rings. The van der Waals surface area contributed by atoms with E-state index in [0.29, 0.717) is 12.4 Å². The first-order valence-corrected chi connectivity index (χ1v) is 8.84. The molecule has 5 nitrogen and oxygen atoms in total. The van der Waals surface area contributed by atoms with Crippen molar-refractivity contribution in [2.45, 2.75) is 45.9 Å². The highest BCUT2D eigenvalue weighted by molar-refractivity contribution is 7.89. The Balaban J connectivity index is 2.70. The van der Waals surface area contributed by atoms with Crippen molar-refractivity contribution in [2.75, 3.05) is 18.4 Å². The number of sulfonamides is 1. The highest BCUT2D eigenvalue weighted by Gasteiger charge is 2.22. The monoisotopic (exact) mass is 313 g/mol. The molecular weight excluding hydrogens is 286 g/mol. The van der Waals surface area contributed by atoms with Crippen LogP contribution in [0.4, 0.5) is 5.82 Å². The molecular formula is C15H27N3O2S. The van der Waals surface area contributed by atoms with Crippen molar-refractivity contribution < 1.29 is 8.42 Å². The van der Waals surface area contributed by atoms with Gasteiger partial charge in [0, 0.05) is 19.3 Å². The maximum absolute atomic E-state index is 12.2. The van der Waals surface area contributed by atoms with E-state index in [4.69, 9.17) is 0 Å². The summed E-state index contributed by atoms with van der Waals surface area (Å²) in [6, 6.07) is 3.27. The number of pyridine rings is 1. The molecule has 0 fully saturated rings. The summed E-state index contributed by atoms with van der Waals surface area (Å²) in [6.45, 7) is 11.6. The summed E-state index contributed by atoms with van der Waals surface area (Å²) >= 11 is 0. The number of hydrogen-bond donors (Lipinski definition) is 2. The van der Waals surface area contributed by atoms with Crippen LogP contribution in [0.2, 0.25) is 0 Å². The van der Waals surface area contributed by atoms with E-state index in [1.807, 2.05) is 6.92 Å². The van der Waals surface area contributed by atoms with E-state index >= 15 is 0 Å². The van der Waals surface area contributed by atoms with Gasteiger partial charge >= 0.3 is 0 Å². The SMILES string of the molecule is CCCNc1ccc(S(=O)(=O)NCC(C)C(C)(C)C)cn1. The quantitative estimate of drug-likeness (QED) is 0.812. The molecule has 0 radical (unpaired) electrons. The number of aromatic nitrogens is 1. The van der Waals surface area contributed by atoms with E-state index in [1.165, 1.54) is 6.20 Å². The first-order valence-electron chi connectivity index (χ1n) is 7.36. The van der Waals surface area contributed by atoms with E-state index in [9.17, 15) is 8.42 Å². The van der Waals surface area contributed by atoms with Gasteiger partial charge in [-0.1, -0.05) is 34.6 Å². The summed E-state index contributed by atoms with van der Waals surface area (Å²) in [7, 11) is -3.49. The second-order valence-electron chi connectivity index (χ2n) is 6.42. The van der Waals surface area contributed by atoms with Crippen molar-refractivity contribution in [3.8, 4) is 0 Å². The van der Waals surface area contributed by atoms with Gasteiger partial charge in [0.1, 0.15) is 10.7 Å². The second-order valence-corrected chi connectivity index (χ2v) is 8.19. The lowest BCUT2D eigenvalue weighted by Gasteiger charge is -2.27. The maximum atomic E-state index is 12.2. The average Bonchev–Trinajstić information content (AvgIpc) is 2.42. The predicted molar refractivity (Wildman–Crippen MR) is 86.8 cm³/mol. The van der Waals surface area contributed by atoms with Gasteiger partial charge in [0.15, 0.2) is 0 Å². The molecule has 1 rings (SSSR count). The van der Waals surface area contributed by atoms with E-state index < -0.39 is 10.0 Å². The Morgan fingerprint density at radius 3 is 2.43 bits per heavy atom. The first kappa shape index (κ1) is 17.9. The second kappa shape index (κ2) is 7.22. The topological polar surface area (TPSA) is 71.1 Å². The van der Waals surface area contributed by atoms with E-state index in [1.54, 1.807) is 12.1 Å². The van der Waals surface area contributed by atoms with E-state index in [0.717, 1.165) is 13.0 Å². The molecule has 0 saturated carbocycles. The van der Waals surface area contributed by atoms with Crippen molar-refractivity contribution in [1.29, 1.82) is 0 Å². The van der Waals surface area contributed by atoms with Gasteiger partial charge in [-0.15, -0.1) is 0 Å². The molecule has 1 heterocycles. The van der Waals surface area contributed by atoms with Gasteiger partial charge in [-0.25, -0.2) is 18.1 Å². The lowest BCUT2D eigenvalue weighted by Crippen LogP contribution is -2.33. The molecule has 6 heteroatoms. The predicted octanol–water partition coefficient (Wildman–Crippen LogP) is 2.86. The molecule has 120 valence electrons. The van der Waals surface area contributed by atoms with Gasteiger partial charge in [0.25, 0.3) is 0 Å². The van der Waals surface area contributed by atoms with Crippen LogP contribution >= 0.6 is 0 Å². The normalized spacial score (nSPS) is 14.0. The van der Waals surface area contributed by atoms with Crippen LogP contribution in [-0.2, 0) is 10.0 Å². The molecule has 0 amide bonds. The third-order valence-electron chi connectivity index (χ3n) is 3.66. The zero-order chi connectivity index (χ0) is 16.1. The molecule has 1 aromatic heterocycles. The molecule has 0 aliphatic heterocycles. The highest BCUT2D eigenvalue weighted by atomic mass is 32.2. The largest absolute Gasteiger partial charge is 0.370 e.